The zero-order valence-electron chi connectivity index (χ0n) is 11.0. The topological polar surface area (TPSA) is 73.1 Å². The molecule has 100 valence electrons. The molecule has 1 aromatic heterocycles. The van der Waals surface area contributed by atoms with Crippen molar-refractivity contribution < 1.29 is 4.74 Å². The van der Waals surface area contributed by atoms with Gasteiger partial charge in [0.15, 0.2) is 5.82 Å². The van der Waals surface area contributed by atoms with Crippen LogP contribution in [0.15, 0.2) is 6.33 Å². The van der Waals surface area contributed by atoms with Crippen molar-refractivity contribution in [2.24, 2.45) is 0 Å². The van der Waals surface area contributed by atoms with Crippen LogP contribution in [0.4, 0.5) is 11.5 Å². The summed E-state index contributed by atoms with van der Waals surface area (Å²) in [6.45, 7) is 0. The highest BCUT2D eigenvalue weighted by Gasteiger charge is 2.15. The van der Waals surface area contributed by atoms with Crippen molar-refractivity contribution in [1.29, 1.82) is 0 Å². The van der Waals surface area contributed by atoms with Crippen molar-refractivity contribution in [2.75, 3.05) is 18.2 Å². The first-order chi connectivity index (χ1) is 8.81. The fraction of sp³-hybridized carbons (Fsp3) is 0.692. The van der Waals surface area contributed by atoms with E-state index in [1.54, 1.807) is 7.11 Å². The van der Waals surface area contributed by atoms with Crippen LogP contribution in [0.25, 0.3) is 0 Å². The third kappa shape index (κ3) is 3.24. The number of nitrogens with zero attached hydrogens (tertiary/aromatic N) is 2. The van der Waals surface area contributed by atoms with E-state index in [2.05, 4.69) is 15.3 Å². The van der Waals surface area contributed by atoms with E-state index < -0.39 is 0 Å². The van der Waals surface area contributed by atoms with Crippen molar-refractivity contribution >= 4 is 11.5 Å². The molecule has 0 bridgehead atoms. The first-order valence-electron chi connectivity index (χ1n) is 6.72. The van der Waals surface area contributed by atoms with Crippen LogP contribution in [0.2, 0.25) is 0 Å². The van der Waals surface area contributed by atoms with Gasteiger partial charge in [0.1, 0.15) is 12.0 Å². The highest BCUT2D eigenvalue weighted by molar-refractivity contribution is 5.66. The molecule has 1 fully saturated rings. The normalized spacial score (nSPS) is 17.8. The van der Waals surface area contributed by atoms with Gasteiger partial charge in [-0.3, -0.25) is 0 Å². The molecule has 0 aliphatic heterocycles. The number of hydrogen-bond acceptors (Lipinski definition) is 5. The Balaban J connectivity index is 2.03. The Morgan fingerprint density at radius 3 is 2.50 bits per heavy atom. The Labute approximate surface area is 108 Å². The number of anilines is 2. The highest BCUT2D eigenvalue weighted by Crippen LogP contribution is 2.27. The minimum Gasteiger partial charge on any atom is -0.479 e. The maximum Gasteiger partial charge on any atom is 0.242 e. The van der Waals surface area contributed by atoms with Crippen LogP contribution in [0.5, 0.6) is 5.88 Å². The number of methoxy groups -OCH3 is 1. The summed E-state index contributed by atoms with van der Waals surface area (Å²) < 4.78 is 5.10. The molecular weight excluding hydrogens is 228 g/mol. The molecular formula is C13H22N4O. The van der Waals surface area contributed by atoms with Crippen molar-refractivity contribution in [3.05, 3.63) is 6.33 Å². The van der Waals surface area contributed by atoms with E-state index in [0.717, 1.165) is 0 Å². The summed E-state index contributed by atoms with van der Waals surface area (Å²) in [5, 5.41) is 3.44. The van der Waals surface area contributed by atoms with Crippen LogP contribution in [-0.4, -0.2) is 23.1 Å². The molecule has 0 unspecified atom stereocenters. The summed E-state index contributed by atoms with van der Waals surface area (Å²) in [7, 11) is 1.57. The molecule has 3 N–H and O–H groups in total. The van der Waals surface area contributed by atoms with E-state index in [1.165, 1.54) is 51.3 Å². The van der Waals surface area contributed by atoms with Crippen LogP contribution in [-0.2, 0) is 0 Å². The average molecular weight is 250 g/mol. The molecule has 0 aromatic carbocycles. The quantitative estimate of drug-likeness (QED) is 0.862. The number of rotatable bonds is 3. The molecule has 0 saturated heterocycles. The van der Waals surface area contributed by atoms with E-state index in [0.29, 0.717) is 23.4 Å². The predicted octanol–water partition coefficient (Wildman–Crippen LogP) is 2.59. The second-order valence-electron chi connectivity index (χ2n) is 4.83. The van der Waals surface area contributed by atoms with E-state index in [9.17, 15) is 0 Å². The summed E-state index contributed by atoms with van der Waals surface area (Å²) in [4.78, 5) is 8.19. The number of aromatic nitrogens is 2. The highest BCUT2D eigenvalue weighted by atomic mass is 16.5. The fourth-order valence-corrected chi connectivity index (χ4v) is 2.45. The molecule has 0 amide bonds. The molecule has 0 spiro atoms. The first-order valence-corrected chi connectivity index (χ1v) is 6.72. The number of ether oxygens (including phenoxy) is 1. The van der Waals surface area contributed by atoms with Crippen LogP contribution in [0.3, 0.4) is 0 Å². The second-order valence-corrected chi connectivity index (χ2v) is 4.83. The lowest BCUT2D eigenvalue weighted by Gasteiger charge is -2.22. The van der Waals surface area contributed by atoms with Gasteiger partial charge in [-0.25, -0.2) is 4.98 Å². The second kappa shape index (κ2) is 6.42. The number of hydrogen-bond donors (Lipinski definition) is 2. The van der Waals surface area contributed by atoms with Crippen molar-refractivity contribution in [1.82, 2.24) is 9.97 Å². The minimum absolute atomic E-state index is 0.443. The average Bonchev–Trinajstić information content (AvgIpc) is 2.34. The van der Waals surface area contributed by atoms with E-state index in [4.69, 9.17) is 10.5 Å². The molecule has 5 nitrogen and oxygen atoms in total. The maximum atomic E-state index is 5.97. The molecule has 18 heavy (non-hydrogen) atoms. The van der Waals surface area contributed by atoms with Crippen molar-refractivity contribution in [3.8, 4) is 5.88 Å². The lowest BCUT2D eigenvalue weighted by atomic mass is 9.97. The van der Waals surface area contributed by atoms with Gasteiger partial charge in [-0.05, 0) is 12.8 Å². The van der Waals surface area contributed by atoms with Gasteiger partial charge in [0.2, 0.25) is 5.88 Å². The monoisotopic (exact) mass is 250 g/mol. The molecule has 1 heterocycles. The molecule has 5 heteroatoms. The number of nitrogens with one attached hydrogen (secondary N) is 1. The molecule has 1 aliphatic carbocycles. The zero-order chi connectivity index (χ0) is 12.8. The van der Waals surface area contributed by atoms with Crippen molar-refractivity contribution in [3.63, 3.8) is 0 Å². The first kappa shape index (κ1) is 12.9. The summed E-state index contributed by atoms with van der Waals surface area (Å²) in [6.07, 6.45) is 10.5. The smallest absolute Gasteiger partial charge is 0.242 e. The van der Waals surface area contributed by atoms with Gasteiger partial charge in [0, 0.05) is 6.04 Å². The third-order valence-electron chi connectivity index (χ3n) is 3.49. The Morgan fingerprint density at radius 1 is 1.17 bits per heavy atom. The van der Waals surface area contributed by atoms with Gasteiger partial charge in [0.25, 0.3) is 0 Å². The minimum atomic E-state index is 0.443. The van der Waals surface area contributed by atoms with Gasteiger partial charge < -0.3 is 15.8 Å². The Kier molecular flexibility index (Phi) is 4.61. The third-order valence-corrected chi connectivity index (χ3v) is 3.49. The van der Waals surface area contributed by atoms with Gasteiger partial charge in [-0.1, -0.05) is 32.1 Å². The van der Waals surface area contributed by atoms with Gasteiger partial charge >= 0.3 is 0 Å². The largest absolute Gasteiger partial charge is 0.479 e. The number of nitrogen functional groups attached to an aromatic ring is 1. The molecule has 1 saturated carbocycles. The van der Waals surface area contributed by atoms with E-state index >= 15 is 0 Å². The molecule has 0 radical (unpaired) electrons. The van der Waals surface area contributed by atoms with Gasteiger partial charge in [0.05, 0.1) is 7.11 Å². The van der Waals surface area contributed by atoms with Gasteiger partial charge in [-0.15, -0.1) is 0 Å². The lowest BCUT2D eigenvalue weighted by molar-refractivity contribution is 0.399. The molecule has 2 rings (SSSR count). The molecule has 1 aromatic rings. The van der Waals surface area contributed by atoms with Crippen LogP contribution in [0, 0.1) is 0 Å². The maximum absolute atomic E-state index is 5.97. The van der Waals surface area contributed by atoms with Crippen molar-refractivity contribution in [2.45, 2.75) is 51.0 Å². The van der Waals surface area contributed by atoms with Gasteiger partial charge in [-0.2, -0.15) is 4.98 Å². The SMILES string of the molecule is COc1ncnc(NC2CCCCCCC2)c1N. The summed E-state index contributed by atoms with van der Waals surface area (Å²) in [5.74, 6) is 1.14. The molecule has 1 aliphatic rings. The van der Waals surface area contributed by atoms with E-state index in [1.807, 2.05) is 0 Å². The standard InChI is InChI=1S/C13H22N4O/c1-18-13-11(14)12(15-9-16-13)17-10-7-5-3-2-4-6-8-10/h9-10H,2-8,14H2,1H3,(H,15,16,17). The van der Waals surface area contributed by atoms with Crippen LogP contribution in [0.1, 0.15) is 44.9 Å². The predicted molar refractivity (Wildman–Crippen MR) is 72.7 cm³/mol. The summed E-state index contributed by atoms with van der Waals surface area (Å²) in [6, 6.07) is 0.465. The van der Waals surface area contributed by atoms with Crippen LogP contribution >= 0.6 is 0 Å². The van der Waals surface area contributed by atoms with E-state index in [-0.39, 0.29) is 0 Å². The Hall–Kier alpha value is -1.52. The lowest BCUT2D eigenvalue weighted by Crippen LogP contribution is -2.22. The summed E-state index contributed by atoms with van der Waals surface area (Å²) in [5.41, 5.74) is 6.47. The zero-order valence-corrected chi connectivity index (χ0v) is 11.0. The summed E-state index contributed by atoms with van der Waals surface area (Å²) >= 11 is 0. The fourth-order valence-electron chi connectivity index (χ4n) is 2.45. The Morgan fingerprint density at radius 2 is 1.83 bits per heavy atom. The Bertz CT molecular complexity index is 375. The number of nitrogens with two attached hydrogens (primary N) is 1. The molecule has 0 atom stereocenters. The van der Waals surface area contributed by atoms with Crippen LogP contribution < -0.4 is 15.8 Å².